The topological polar surface area (TPSA) is 83.8 Å². The van der Waals surface area contributed by atoms with Crippen LogP contribution in [0, 0.1) is 34.0 Å². The maximum Gasteiger partial charge on any atom is 0.302 e. The van der Waals surface area contributed by atoms with Gasteiger partial charge in [-0.15, -0.1) is 0 Å². The Kier molecular flexibility index (Phi) is 5.26. The smallest absolute Gasteiger partial charge is 0.302 e. The van der Waals surface area contributed by atoms with E-state index in [0.717, 1.165) is 25.7 Å². The molecule has 0 spiro atoms. The van der Waals surface area contributed by atoms with Crippen LogP contribution in [0.2, 0.25) is 0 Å². The van der Waals surface area contributed by atoms with Gasteiger partial charge in [-0.2, -0.15) is 0 Å². The minimum absolute atomic E-state index is 0.00197. The van der Waals surface area contributed by atoms with Crippen LogP contribution in [0.15, 0.2) is 0 Å². The highest BCUT2D eigenvalue weighted by Gasteiger charge is 2.68. The highest BCUT2D eigenvalue weighted by molar-refractivity contribution is 5.85. The third-order valence-electron chi connectivity index (χ3n) is 8.94. The predicted octanol–water partition coefficient (Wildman–Crippen LogP) is 3.11. The van der Waals surface area contributed by atoms with Crippen LogP contribution in [0.3, 0.4) is 0 Å². The molecular weight excluding hydrogens is 344 g/mol. The van der Waals surface area contributed by atoms with Crippen molar-refractivity contribution in [3.63, 3.8) is 0 Å². The van der Waals surface area contributed by atoms with E-state index in [-0.39, 0.29) is 53.0 Å². The minimum Gasteiger partial charge on any atom is -0.462 e. The summed E-state index contributed by atoms with van der Waals surface area (Å²) < 4.78 is 5.90. The van der Waals surface area contributed by atoms with Gasteiger partial charge in [0.25, 0.3) is 0 Å². The number of hydrogen-bond donors (Lipinski definition) is 2. The normalized spacial score (nSPS) is 49.9. The SMILES string of the molecule is CC[C@]1(C)C[C@@H](O)[C@@]2(C)C3C(=O)CC[C@@]3(CC[C@H]2CO)[C@@H](C)[C@@H]1OC(C)=O. The van der Waals surface area contributed by atoms with Crippen LogP contribution in [-0.2, 0) is 14.3 Å². The number of aliphatic hydroxyl groups is 2. The summed E-state index contributed by atoms with van der Waals surface area (Å²) in [6.07, 6.45) is 3.17. The number of ketones is 1. The van der Waals surface area contributed by atoms with Gasteiger partial charge in [0.1, 0.15) is 11.9 Å². The molecule has 0 aromatic heterocycles. The van der Waals surface area contributed by atoms with Gasteiger partial charge in [-0.25, -0.2) is 0 Å². The molecule has 27 heavy (non-hydrogen) atoms. The van der Waals surface area contributed by atoms with Crippen molar-refractivity contribution in [1.82, 2.24) is 0 Å². The number of aliphatic hydroxyl groups excluding tert-OH is 2. The van der Waals surface area contributed by atoms with Crippen LogP contribution in [0.4, 0.5) is 0 Å². The van der Waals surface area contributed by atoms with Gasteiger partial charge in [-0.05, 0) is 43.4 Å². The number of carbonyl (C=O) groups is 2. The molecule has 0 amide bonds. The third kappa shape index (κ3) is 2.79. The van der Waals surface area contributed by atoms with Crippen LogP contribution in [0.1, 0.15) is 73.1 Å². The molecule has 2 bridgehead atoms. The highest BCUT2D eigenvalue weighted by Crippen LogP contribution is 2.68. The van der Waals surface area contributed by atoms with Gasteiger partial charge in [0, 0.05) is 42.6 Å². The number of hydrogen-bond acceptors (Lipinski definition) is 5. The highest BCUT2D eigenvalue weighted by atomic mass is 16.5. The summed E-state index contributed by atoms with van der Waals surface area (Å²) in [6, 6.07) is 0. The molecule has 0 aromatic carbocycles. The zero-order valence-electron chi connectivity index (χ0n) is 17.5. The van der Waals surface area contributed by atoms with Crippen LogP contribution in [-0.4, -0.2) is 40.8 Å². The van der Waals surface area contributed by atoms with E-state index in [2.05, 4.69) is 20.8 Å². The van der Waals surface area contributed by atoms with Gasteiger partial charge < -0.3 is 14.9 Å². The number of Topliss-reactive ketones (excluding diaryl/α,β-unsaturated/α-hetero) is 1. The first-order valence-electron chi connectivity index (χ1n) is 10.6. The van der Waals surface area contributed by atoms with Crippen molar-refractivity contribution < 1.29 is 24.5 Å². The average Bonchev–Trinajstić information content (AvgIpc) is 2.97. The molecule has 3 rings (SSSR count). The van der Waals surface area contributed by atoms with Crippen molar-refractivity contribution >= 4 is 11.8 Å². The lowest BCUT2D eigenvalue weighted by Gasteiger charge is -2.62. The molecule has 0 radical (unpaired) electrons. The monoisotopic (exact) mass is 380 g/mol. The molecule has 0 aliphatic heterocycles. The van der Waals surface area contributed by atoms with Crippen molar-refractivity contribution in [2.45, 2.75) is 85.4 Å². The van der Waals surface area contributed by atoms with Gasteiger partial charge in [0.05, 0.1) is 6.10 Å². The molecule has 8 atom stereocenters. The van der Waals surface area contributed by atoms with E-state index in [4.69, 9.17) is 4.74 Å². The number of ether oxygens (including phenoxy) is 1. The van der Waals surface area contributed by atoms with Gasteiger partial charge >= 0.3 is 5.97 Å². The molecule has 0 saturated heterocycles. The molecule has 3 saturated carbocycles. The fraction of sp³-hybridized carbons (Fsp3) is 0.909. The van der Waals surface area contributed by atoms with E-state index in [9.17, 15) is 19.8 Å². The number of rotatable bonds is 3. The Balaban J connectivity index is 2.20. The molecule has 3 fully saturated rings. The first-order valence-corrected chi connectivity index (χ1v) is 10.6. The van der Waals surface area contributed by atoms with Gasteiger partial charge in [0.2, 0.25) is 0 Å². The standard InChI is InChI=1S/C22H36O5/c1-6-20(4)11-17(26)21(5)15(12-23)7-9-22(10-8-16(25)18(21)22)13(2)19(20)27-14(3)24/h13,15,17-19,23,26H,6-12H2,1-5H3/t13-,15-,17+,18?,19-,20+,21-,22-/m0/s1. The molecule has 5 nitrogen and oxygen atoms in total. The largest absolute Gasteiger partial charge is 0.462 e. The zero-order chi connectivity index (χ0) is 20.2. The summed E-state index contributed by atoms with van der Waals surface area (Å²) in [7, 11) is 0. The van der Waals surface area contributed by atoms with Crippen molar-refractivity contribution in [2.24, 2.45) is 34.0 Å². The Morgan fingerprint density at radius 1 is 1.30 bits per heavy atom. The second-order valence-corrected chi connectivity index (χ2v) is 9.96. The van der Waals surface area contributed by atoms with Crippen LogP contribution in [0.5, 0.6) is 0 Å². The quantitative estimate of drug-likeness (QED) is 0.735. The van der Waals surface area contributed by atoms with E-state index in [1.54, 1.807) is 0 Å². The molecular formula is C22H36O5. The zero-order valence-corrected chi connectivity index (χ0v) is 17.5. The van der Waals surface area contributed by atoms with Crippen LogP contribution >= 0.6 is 0 Å². The Labute approximate surface area is 162 Å². The molecule has 3 aliphatic carbocycles. The van der Waals surface area contributed by atoms with E-state index < -0.39 is 11.5 Å². The minimum atomic E-state index is -0.711. The Morgan fingerprint density at radius 2 is 1.96 bits per heavy atom. The number of esters is 1. The van der Waals surface area contributed by atoms with Crippen molar-refractivity contribution in [3.8, 4) is 0 Å². The van der Waals surface area contributed by atoms with Gasteiger partial charge in [0.15, 0.2) is 0 Å². The lowest BCUT2D eigenvalue weighted by Crippen LogP contribution is -2.63. The molecule has 0 heterocycles. The van der Waals surface area contributed by atoms with E-state index in [1.165, 1.54) is 6.92 Å². The van der Waals surface area contributed by atoms with Crippen molar-refractivity contribution in [1.29, 1.82) is 0 Å². The lowest BCUT2D eigenvalue weighted by molar-refractivity contribution is -0.214. The maximum absolute atomic E-state index is 13.1. The van der Waals surface area contributed by atoms with Crippen LogP contribution in [0.25, 0.3) is 0 Å². The van der Waals surface area contributed by atoms with Gasteiger partial charge in [-0.3, -0.25) is 9.59 Å². The first kappa shape index (κ1) is 20.8. The number of carbonyl (C=O) groups excluding carboxylic acids is 2. The summed E-state index contributed by atoms with van der Waals surface area (Å²) in [5.74, 6) is -0.408. The van der Waals surface area contributed by atoms with E-state index >= 15 is 0 Å². The molecule has 0 aromatic rings. The van der Waals surface area contributed by atoms with E-state index in [1.807, 2.05) is 6.92 Å². The Morgan fingerprint density at radius 3 is 2.52 bits per heavy atom. The third-order valence-corrected chi connectivity index (χ3v) is 8.94. The molecule has 5 heteroatoms. The lowest BCUT2D eigenvalue weighted by atomic mass is 9.43. The molecule has 154 valence electrons. The van der Waals surface area contributed by atoms with Gasteiger partial charge in [-0.1, -0.05) is 27.7 Å². The second kappa shape index (κ2) is 6.84. The Bertz CT molecular complexity index is 618. The molecule has 3 aliphatic rings. The first-order chi connectivity index (χ1) is 12.6. The summed E-state index contributed by atoms with van der Waals surface area (Å²) in [4.78, 5) is 25.0. The summed E-state index contributed by atoms with van der Waals surface area (Å²) in [6.45, 7) is 9.78. The fourth-order valence-corrected chi connectivity index (χ4v) is 7.11. The summed E-state index contributed by atoms with van der Waals surface area (Å²) in [5.41, 5.74) is -1.27. The predicted molar refractivity (Wildman–Crippen MR) is 102 cm³/mol. The summed E-state index contributed by atoms with van der Waals surface area (Å²) >= 11 is 0. The van der Waals surface area contributed by atoms with Crippen molar-refractivity contribution in [3.05, 3.63) is 0 Å². The summed E-state index contributed by atoms with van der Waals surface area (Å²) in [5, 5.41) is 21.5. The van der Waals surface area contributed by atoms with Crippen LogP contribution < -0.4 is 0 Å². The Hall–Kier alpha value is -0.940. The van der Waals surface area contributed by atoms with Crippen molar-refractivity contribution in [2.75, 3.05) is 6.61 Å². The molecule has 2 N–H and O–H groups in total. The van der Waals surface area contributed by atoms with E-state index in [0.29, 0.717) is 12.8 Å². The average molecular weight is 381 g/mol. The fourth-order valence-electron chi connectivity index (χ4n) is 7.11. The maximum atomic E-state index is 13.1. The second-order valence-electron chi connectivity index (χ2n) is 9.96. The molecule has 1 unspecified atom stereocenters.